The van der Waals surface area contributed by atoms with Crippen LogP contribution in [0.25, 0.3) is 0 Å². The Morgan fingerprint density at radius 3 is 2.23 bits per heavy atom. The lowest BCUT2D eigenvalue weighted by Gasteiger charge is -2.34. The van der Waals surface area contributed by atoms with Crippen molar-refractivity contribution in [3.63, 3.8) is 0 Å². The van der Waals surface area contributed by atoms with Crippen molar-refractivity contribution >= 4 is 15.9 Å². The molecule has 0 spiro atoms. The number of hydrogen-bond acceptors (Lipinski definition) is 5. The van der Waals surface area contributed by atoms with E-state index in [9.17, 15) is 13.2 Å². The maximum atomic E-state index is 12.7. The lowest BCUT2D eigenvalue weighted by Crippen LogP contribution is -2.50. The summed E-state index contributed by atoms with van der Waals surface area (Å²) in [5, 5.41) is 8.82. The molecule has 136 valence electrons. The zero-order valence-corrected chi connectivity index (χ0v) is 15.4. The van der Waals surface area contributed by atoms with Gasteiger partial charge in [-0.25, -0.2) is 8.42 Å². The van der Waals surface area contributed by atoms with Gasteiger partial charge >= 0.3 is 0 Å². The van der Waals surface area contributed by atoms with Gasteiger partial charge in [-0.1, -0.05) is 0 Å². The lowest BCUT2D eigenvalue weighted by molar-refractivity contribution is 0.0696. The van der Waals surface area contributed by atoms with Gasteiger partial charge in [-0.15, -0.1) is 0 Å². The van der Waals surface area contributed by atoms with Gasteiger partial charge in [0.05, 0.1) is 22.1 Å². The smallest absolute Gasteiger partial charge is 0.257 e. The second-order valence-corrected chi connectivity index (χ2v) is 8.10. The molecule has 1 fully saturated rings. The van der Waals surface area contributed by atoms with E-state index in [1.807, 2.05) is 6.07 Å². The van der Waals surface area contributed by atoms with Gasteiger partial charge in [0.1, 0.15) is 11.5 Å². The summed E-state index contributed by atoms with van der Waals surface area (Å²) >= 11 is 0. The van der Waals surface area contributed by atoms with Gasteiger partial charge in [0.2, 0.25) is 10.0 Å². The van der Waals surface area contributed by atoms with Crippen LogP contribution in [0, 0.1) is 25.2 Å². The first-order valence-electron chi connectivity index (χ1n) is 8.19. The number of benzene rings is 1. The van der Waals surface area contributed by atoms with E-state index in [0.29, 0.717) is 35.7 Å². The molecule has 1 aliphatic rings. The van der Waals surface area contributed by atoms with Crippen molar-refractivity contribution in [2.75, 3.05) is 26.2 Å². The minimum absolute atomic E-state index is 0.144. The molecular weight excluding hydrogens is 354 g/mol. The molecule has 26 heavy (non-hydrogen) atoms. The molecule has 8 heteroatoms. The van der Waals surface area contributed by atoms with E-state index in [1.54, 1.807) is 24.8 Å². The molecule has 1 aromatic heterocycles. The summed E-state index contributed by atoms with van der Waals surface area (Å²) in [7, 11) is -3.64. The minimum Gasteiger partial charge on any atom is -0.466 e. The first-order valence-corrected chi connectivity index (χ1v) is 9.63. The zero-order valence-electron chi connectivity index (χ0n) is 14.6. The summed E-state index contributed by atoms with van der Waals surface area (Å²) < 4.78 is 32.2. The van der Waals surface area contributed by atoms with E-state index in [2.05, 4.69) is 0 Å². The molecule has 0 radical (unpaired) electrons. The van der Waals surface area contributed by atoms with Crippen molar-refractivity contribution < 1.29 is 17.6 Å². The Hall–Kier alpha value is -2.63. The summed E-state index contributed by atoms with van der Waals surface area (Å²) in [4.78, 5) is 14.4. The Labute approximate surface area is 152 Å². The Balaban J connectivity index is 1.70. The van der Waals surface area contributed by atoms with Crippen LogP contribution in [0.5, 0.6) is 0 Å². The fourth-order valence-electron chi connectivity index (χ4n) is 3.00. The van der Waals surface area contributed by atoms with Gasteiger partial charge in [0.15, 0.2) is 0 Å². The number of rotatable bonds is 3. The molecule has 0 bridgehead atoms. The Morgan fingerprint density at radius 2 is 1.73 bits per heavy atom. The largest absolute Gasteiger partial charge is 0.466 e. The number of aryl methyl sites for hydroxylation is 2. The highest BCUT2D eigenvalue weighted by Gasteiger charge is 2.31. The van der Waals surface area contributed by atoms with Crippen LogP contribution in [0.4, 0.5) is 0 Å². The predicted octanol–water partition coefficient (Wildman–Crippen LogP) is 1.91. The molecule has 7 nitrogen and oxygen atoms in total. The second kappa shape index (κ2) is 6.94. The van der Waals surface area contributed by atoms with Crippen LogP contribution in [-0.4, -0.2) is 49.7 Å². The molecular formula is C18H19N3O4S. The number of nitrogens with zero attached hydrogens (tertiary/aromatic N) is 3. The molecule has 0 N–H and O–H groups in total. The van der Waals surface area contributed by atoms with Crippen LogP contribution in [0.1, 0.15) is 27.4 Å². The minimum atomic E-state index is -3.64. The van der Waals surface area contributed by atoms with Crippen molar-refractivity contribution in [1.82, 2.24) is 9.21 Å². The quantitative estimate of drug-likeness (QED) is 0.819. The van der Waals surface area contributed by atoms with Gasteiger partial charge in [-0.3, -0.25) is 4.79 Å². The van der Waals surface area contributed by atoms with Gasteiger partial charge < -0.3 is 9.32 Å². The molecule has 1 aliphatic heterocycles. The number of nitriles is 1. The molecule has 0 aliphatic carbocycles. The molecule has 0 atom stereocenters. The van der Waals surface area contributed by atoms with Crippen LogP contribution in [0.3, 0.4) is 0 Å². The predicted molar refractivity (Wildman–Crippen MR) is 94.0 cm³/mol. The first-order chi connectivity index (χ1) is 12.3. The number of hydrogen-bond donors (Lipinski definition) is 0. The maximum Gasteiger partial charge on any atom is 0.257 e. The maximum absolute atomic E-state index is 12.7. The molecule has 3 rings (SSSR count). The second-order valence-electron chi connectivity index (χ2n) is 6.16. The molecule has 0 saturated carbocycles. The number of sulfonamides is 1. The van der Waals surface area contributed by atoms with Gasteiger partial charge in [0.25, 0.3) is 5.91 Å². The topological polar surface area (TPSA) is 94.6 Å². The van der Waals surface area contributed by atoms with Gasteiger partial charge in [0, 0.05) is 26.2 Å². The number of piperazine rings is 1. The summed E-state index contributed by atoms with van der Waals surface area (Å²) in [5.74, 6) is 1.10. The Bertz CT molecular complexity index is 963. The van der Waals surface area contributed by atoms with Crippen LogP contribution in [-0.2, 0) is 10.0 Å². The summed E-state index contributed by atoms with van der Waals surface area (Å²) in [6.45, 7) is 4.61. The fourth-order valence-corrected chi connectivity index (χ4v) is 4.42. The van der Waals surface area contributed by atoms with Gasteiger partial charge in [-0.05, 0) is 44.2 Å². The van der Waals surface area contributed by atoms with Crippen LogP contribution < -0.4 is 0 Å². The third-order valence-corrected chi connectivity index (χ3v) is 6.33. The van der Waals surface area contributed by atoms with Gasteiger partial charge in [-0.2, -0.15) is 9.57 Å². The highest BCUT2D eigenvalue weighted by atomic mass is 32.2. The van der Waals surface area contributed by atoms with E-state index in [0.717, 1.165) is 0 Å². The monoisotopic (exact) mass is 373 g/mol. The van der Waals surface area contributed by atoms with Crippen molar-refractivity contribution in [2.24, 2.45) is 0 Å². The third-order valence-electron chi connectivity index (χ3n) is 4.42. The number of carbonyl (C=O) groups excluding carboxylic acids is 1. The van der Waals surface area contributed by atoms with Crippen molar-refractivity contribution in [3.05, 3.63) is 53.0 Å². The molecule has 2 heterocycles. The first kappa shape index (κ1) is 18.2. The summed E-state index contributed by atoms with van der Waals surface area (Å²) in [5.41, 5.74) is 0.927. The van der Waals surface area contributed by atoms with Crippen LogP contribution in [0.15, 0.2) is 39.6 Å². The van der Waals surface area contributed by atoms with Crippen molar-refractivity contribution in [1.29, 1.82) is 5.26 Å². The van der Waals surface area contributed by atoms with E-state index in [4.69, 9.17) is 9.68 Å². The Morgan fingerprint density at radius 1 is 1.12 bits per heavy atom. The van der Waals surface area contributed by atoms with Crippen LogP contribution in [0.2, 0.25) is 0 Å². The zero-order chi connectivity index (χ0) is 18.9. The number of carbonyl (C=O) groups is 1. The fraction of sp³-hybridized carbons (Fsp3) is 0.333. The molecule has 1 saturated heterocycles. The van der Waals surface area contributed by atoms with E-state index in [1.165, 1.54) is 28.6 Å². The standard InChI is InChI=1S/C18H19N3O4S/c1-13-11-17(14(2)25-13)18(22)20-7-9-21(10-8-20)26(23,24)16-5-3-15(12-19)4-6-16/h3-6,11H,7-10H2,1-2H3. The van der Waals surface area contributed by atoms with E-state index >= 15 is 0 Å². The lowest BCUT2D eigenvalue weighted by atomic mass is 10.2. The molecule has 2 aromatic rings. The Kier molecular flexibility index (Phi) is 4.85. The van der Waals surface area contributed by atoms with E-state index in [-0.39, 0.29) is 23.9 Å². The average Bonchev–Trinajstić information content (AvgIpc) is 2.99. The molecule has 1 amide bonds. The van der Waals surface area contributed by atoms with Crippen molar-refractivity contribution in [2.45, 2.75) is 18.7 Å². The molecule has 0 unspecified atom stereocenters. The summed E-state index contributed by atoms with van der Waals surface area (Å²) in [6, 6.07) is 9.50. The van der Waals surface area contributed by atoms with Crippen molar-refractivity contribution in [3.8, 4) is 6.07 Å². The molecule has 1 aromatic carbocycles. The number of furan rings is 1. The average molecular weight is 373 g/mol. The van der Waals surface area contributed by atoms with Crippen LogP contribution >= 0.6 is 0 Å². The SMILES string of the molecule is Cc1cc(C(=O)N2CCN(S(=O)(=O)c3ccc(C#N)cc3)CC2)c(C)o1. The number of amides is 1. The highest BCUT2D eigenvalue weighted by Crippen LogP contribution is 2.21. The highest BCUT2D eigenvalue weighted by molar-refractivity contribution is 7.89. The normalized spacial score (nSPS) is 15.7. The summed E-state index contributed by atoms with van der Waals surface area (Å²) in [6.07, 6.45) is 0. The third kappa shape index (κ3) is 3.36. The van der Waals surface area contributed by atoms with E-state index < -0.39 is 10.0 Å².